The molecule has 7 nitrogen and oxygen atoms in total. The van der Waals surface area contributed by atoms with Crippen molar-refractivity contribution in [2.75, 3.05) is 20.3 Å². The summed E-state index contributed by atoms with van der Waals surface area (Å²) in [4.78, 5) is 36.6. The van der Waals surface area contributed by atoms with E-state index in [1.54, 1.807) is 24.3 Å². The van der Waals surface area contributed by atoms with Gasteiger partial charge in [0.1, 0.15) is 12.3 Å². The van der Waals surface area contributed by atoms with Gasteiger partial charge in [0.05, 0.1) is 18.7 Å². The lowest BCUT2D eigenvalue weighted by atomic mass is 10.2. The number of methoxy groups -OCH3 is 1. The van der Waals surface area contributed by atoms with Gasteiger partial charge in [-0.25, -0.2) is 0 Å². The number of carbonyl (C=O) groups is 3. The Morgan fingerprint density at radius 3 is 2.62 bits per heavy atom. The summed E-state index contributed by atoms with van der Waals surface area (Å²) in [5.41, 5.74) is 0.310. The number of benzene rings is 1. The number of para-hydroxylation sites is 1. The lowest BCUT2D eigenvalue weighted by Gasteiger charge is -2.12. The molecule has 1 heterocycles. The van der Waals surface area contributed by atoms with Crippen molar-refractivity contribution >= 4 is 29.1 Å². The van der Waals surface area contributed by atoms with Crippen molar-refractivity contribution in [3.05, 3.63) is 52.2 Å². The molecule has 0 fully saturated rings. The molecule has 26 heavy (non-hydrogen) atoms. The van der Waals surface area contributed by atoms with E-state index >= 15 is 0 Å². The molecule has 8 heteroatoms. The maximum Gasteiger partial charge on any atom is 0.325 e. The van der Waals surface area contributed by atoms with Crippen LogP contribution in [-0.4, -0.2) is 38.0 Å². The molecule has 1 atom stereocenters. The van der Waals surface area contributed by atoms with Crippen molar-refractivity contribution in [1.29, 1.82) is 0 Å². The molecule has 1 aromatic heterocycles. The first kappa shape index (κ1) is 19.5. The van der Waals surface area contributed by atoms with E-state index in [2.05, 4.69) is 10.6 Å². The smallest absolute Gasteiger partial charge is 0.325 e. The zero-order chi connectivity index (χ0) is 18.9. The van der Waals surface area contributed by atoms with Crippen molar-refractivity contribution in [2.24, 2.45) is 0 Å². The van der Waals surface area contributed by atoms with Gasteiger partial charge in [-0.1, -0.05) is 18.2 Å². The molecule has 0 aliphatic heterocycles. The van der Waals surface area contributed by atoms with Crippen LogP contribution in [0.1, 0.15) is 28.2 Å². The number of amides is 2. The summed E-state index contributed by atoms with van der Waals surface area (Å²) in [5.74, 6) is -1.17. The molecule has 0 aliphatic rings. The van der Waals surface area contributed by atoms with Crippen LogP contribution < -0.4 is 15.4 Å². The van der Waals surface area contributed by atoms with Gasteiger partial charge in [0, 0.05) is 4.88 Å². The molecule has 0 bridgehead atoms. The Morgan fingerprint density at radius 1 is 1.15 bits per heavy atom. The van der Waals surface area contributed by atoms with Gasteiger partial charge in [0.2, 0.25) is 0 Å². The Balaban J connectivity index is 1.73. The van der Waals surface area contributed by atoms with Gasteiger partial charge in [-0.2, -0.15) is 0 Å². The third-order valence-corrected chi connectivity index (χ3v) is 4.51. The first-order valence-electron chi connectivity index (χ1n) is 7.91. The monoisotopic (exact) mass is 376 g/mol. The van der Waals surface area contributed by atoms with E-state index in [1.807, 2.05) is 24.4 Å². The number of thiophene rings is 1. The van der Waals surface area contributed by atoms with Crippen LogP contribution in [-0.2, 0) is 14.3 Å². The van der Waals surface area contributed by atoms with Crippen LogP contribution in [0.5, 0.6) is 5.75 Å². The Bertz CT molecular complexity index is 761. The fraction of sp³-hybridized carbons (Fsp3) is 0.278. The lowest BCUT2D eigenvalue weighted by molar-refractivity contribution is -0.147. The molecule has 2 aromatic rings. The van der Waals surface area contributed by atoms with E-state index in [-0.39, 0.29) is 12.6 Å². The van der Waals surface area contributed by atoms with Gasteiger partial charge in [0.25, 0.3) is 11.8 Å². The van der Waals surface area contributed by atoms with Crippen LogP contribution in [0.15, 0.2) is 41.8 Å². The molecule has 0 saturated carbocycles. The predicted octanol–water partition coefficient (Wildman–Crippen LogP) is 1.91. The van der Waals surface area contributed by atoms with E-state index in [1.165, 1.54) is 18.4 Å². The average molecular weight is 376 g/mol. The maximum absolute atomic E-state index is 12.1. The number of hydrogen-bond donors (Lipinski definition) is 2. The quantitative estimate of drug-likeness (QED) is 0.687. The standard InChI is InChI=1S/C18H20N2O5S/c1-12(15-8-5-9-26-15)20-16(21)11-25-17(22)10-19-18(23)13-6-3-4-7-14(13)24-2/h3-9,12H,10-11H2,1-2H3,(H,19,23)(H,20,21)/t12-/m0/s1. The van der Waals surface area contributed by atoms with Gasteiger partial charge < -0.3 is 20.1 Å². The zero-order valence-corrected chi connectivity index (χ0v) is 15.3. The Hall–Kier alpha value is -2.87. The highest BCUT2D eigenvalue weighted by Gasteiger charge is 2.15. The summed E-state index contributed by atoms with van der Waals surface area (Å²) in [6.07, 6.45) is 0. The Labute approximate surface area is 155 Å². The number of hydrogen-bond acceptors (Lipinski definition) is 6. The molecule has 2 amide bonds. The highest BCUT2D eigenvalue weighted by atomic mass is 32.1. The molecule has 0 saturated heterocycles. The van der Waals surface area contributed by atoms with E-state index in [4.69, 9.17) is 9.47 Å². The van der Waals surface area contributed by atoms with Crippen molar-refractivity contribution < 1.29 is 23.9 Å². The number of esters is 1. The molecule has 2 N–H and O–H groups in total. The molecule has 138 valence electrons. The number of ether oxygens (including phenoxy) is 2. The summed E-state index contributed by atoms with van der Waals surface area (Å²) in [6, 6.07) is 10.3. The lowest BCUT2D eigenvalue weighted by Crippen LogP contribution is -2.34. The number of nitrogens with one attached hydrogen (secondary N) is 2. The molecular weight excluding hydrogens is 356 g/mol. The van der Waals surface area contributed by atoms with Gasteiger partial charge in [0.15, 0.2) is 6.61 Å². The summed E-state index contributed by atoms with van der Waals surface area (Å²) in [6.45, 7) is 1.10. The Morgan fingerprint density at radius 2 is 1.92 bits per heavy atom. The van der Waals surface area contributed by atoms with Gasteiger partial charge >= 0.3 is 5.97 Å². The van der Waals surface area contributed by atoms with Gasteiger partial charge in [-0.15, -0.1) is 11.3 Å². The van der Waals surface area contributed by atoms with E-state index in [0.29, 0.717) is 11.3 Å². The number of rotatable bonds is 8. The molecule has 1 aromatic carbocycles. The fourth-order valence-electron chi connectivity index (χ4n) is 2.17. The first-order chi connectivity index (χ1) is 12.5. The molecule has 0 spiro atoms. The normalized spacial score (nSPS) is 11.3. The minimum atomic E-state index is -0.702. The average Bonchev–Trinajstić information content (AvgIpc) is 3.19. The van der Waals surface area contributed by atoms with E-state index < -0.39 is 24.4 Å². The summed E-state index contributed by atoms with van der Waals surface area (Å²) >= 11 is 1.53. The topological polar surface area (TPSA) is 93.7 Å². The second kappa shape index (κ2) is 9.57. The predicted molar refractivity (Wildman–Crippen MR) is 97.2 cm³/mol. The first-order valence-corrected chi connectivity index (χ1v) is 8.79. The second-order valence-corrected chi connectivity index (χ2v) is 6.33. The van der Waals surface area contributed by atoms with Crippen molar-refractivity contribution in [3.8, 4) is 5.75 Å². The third-order valence-electron chi connectivity index (χ3n) is 3.46. The SMILES string of the molecule is COc1ccccc1C(=O)NCC(=O)OCC(=O)N[C@@H](C)c1cccs1. The van der Waals surface area contributed by atoms with E-state index in [9.17, 15) is 14.4 Å². The fourth-order valence-corrected chi connectivity index (χ4v) is 2.90. The minimum absolute atomic E-state index is 0.161. The molecule has 0 aliphatic carbocycles. The maximum atomic E-state index is 12.1. The zero-order valence-electron chi connectivity index (χ0n) is 14.5. The van der Waals surface area contributed by atoms with Crippen molar-refractivity contribution in [3.63, 3.8) is 0 Å². The van der Waals surface area contributed by atoms with Crippen molar-refractivity contribution in [1.82, 2.24) is 10.6 Å². The van der Waals surface area contributed by atoms with Crippen LogP contribution in [0.4, 0.5) is 0 Å². The second-order valence-electron chi connectivity index (χ2n) is 5.35. The molecule has 2 rings (SSSR count). The third kappa shape index (κ3) is 5.59. The summed E-state index contributed by atoms with van der Waals surface area (Å²) in [5, 5.41) is 7.09. The summed E-state index contributed by atoms with van der Waals surface area (Å²) < 4.78 is 9.96. The molecule has 0 radical (unpaired) electrons. The van der Waals surface area contributed by atoms with Crippen LogP contribution >= 0.6 is 11.3 Å². The van der Waals surface area contributed by atoms with Crippen LogP contribution in [0.25, 0.3) is 0 Å². The van der Waals surface area contributed by atoms with Crippen LogP contribution in [0.2, 0.25) is 0 Å². The highest BCUT2D eigenvalue weighted by Crippen LogP contribution is 2.18. The van der Waals surface area contributed by atoms with Gasteiger partial charge in [-0.05, 0) is 30.5 Å². The minimum Gasteiger partial charge on any atom is -0.496 e. The van der Waals surface area contributed by atoms with Crippen LogP contribution in [0.3, 0.4) is 0 Å². The van der Waals surface area contributed by atoms with Crippen molar-refractivity contribution in [2.45, 2.75) is 13.0 Å². The Kier molecular flexibility index (Phi) is 7.16. The van der Waals surface area contributed by atoms with E-state index in [0.717, 1.165) is 4.88 Å². The molecular formula is C18H20N2O5S. The summed E-state index contributed by atoms with van der Waals surface area (Å²) in [7, 11) is 1.45. The molecule has 0 unspecified atom stereocenters. The van der Waals surface area contributed by atoms with Gasteiger partial charge in [-0.3, -0.25) is 14.4 Å². The largest absolute Gasteiger partial charge is 0.496 e. The number of carbonyl (C=O) groups excluding carboxylic acids is 3. The van der Waals surface area contributed by atoms with Crippen LogP contribution in [0, 0.1) is 0 Å². The highest BCUT2D eigenvalue weighted by molar-refractivity contribution is 7.10.